The molecule has 0 aliphatic heterocycles. The van der Waals surface area contributed by atoms with Crippen LogP contribution in [0.5, 0.6) is 0 Å². The third kappa shape index (κ3) is 10.5. The van der Waals surface area contributed by atoms with Gasteiger partial charge in [0.2, 0.25) is 0 Å². The van der Waals surface area contributed by atoms with E-state index in [1.807, 2.05) is 126 Å². The zero-order valence-corrected chi connectivity index (χ0v) is 29.7. The van der Waals surface area contributed by atoms with Crippen LogP contribution in [0.2, 0.25) is 10.0 Å². The molecule has 2 aromatic heterocycles. The Morgan fingerprint density at radius 2 is 1.08 bits per heavy atom. The molecule has 0 spiro atoms. The lowest BCUT2D eigenvalue weighted by molar-refractivity contribution is -0.116. The van der Waals surface area contributed by atoms with E-state index in [0.717, 1.165) is 32.8 Å². The van der Waals surface area contributed by atoms with Crippen LogP contribution in [-0.2, 0) is 22.4 Å². The number of benzene rings is 4. The molecule has 6 nitrogen and oxygen atoms in total. The smallest absolute Gasteiger partial charge is 0.173 e. The van der Waals surface area contributed by atoms with Crippen molar-refractivity contribution in [3.8, 4) is 11.4 Å². The first-order valence-corrected chi connectivity index (χ1v) is 17.9. The number of hydrogen-bond donors (Lipinski definition) is 0. The summed E-state index contributed by atoms with van der Waals surface area (Å²) < 4.78 is 3.92. The van der Waals surface area contributed by atoms with Crippen LogP contribution in [0.25, 0.3) is 11.4 Å². The molecule has 0 unspecified atom stereocenters. The summed E-state index contributed by atoms with van der Waals surface area (Å²) in [6.45, 7) is 4.07. The topological polar surface area (TPSA) is 69.8 Å². The Balaban J connectivity index is 0.000000188. The Hall–Kier alpha value is -4.08. The summed E-state index contributed by atoms with van der Waals surface area (Å²) in [5, 5.41) is 2.99. The van der Waals surface area contributed by atoms with Gasteiger partial charge in [0.25, 0.3) is 0 Å². The Bertz CT molecular complexity index is 1950. The second-order valence-electron chi connectivity index (χ2n) is 11.1. The number of ketones is 2. The molecule has 6 rings (SSSR count). The SMILES string of the molecule is Cc1ccc(CC(=O)CSc2nccn2-c2ccc(Cl)cc2)cc1.Cc1cccc(CC(=O)CSc2nccn2-c2ccc(Cl)cc2)c1. The highest BCUT2D eigenvalue weighted by Crippen LogP contribution is 2.24. The molecule has 0 saturated heterocycles. The van der Waals surface area contributed by atoms with Gasteiger partial charge in [-0.3, -0.25) is 18.7 Å². The molecule has 4 aromatic carbocycles. The third-order valence-electron chi connectivity index (χ3n) is 7.15. The number of aryl methyl sites for hydroxylation is 2. The zero-order chi connectivity index (χ0) is 33.9. The molecule has 0 amide bonds. The first-order chi connectivity index (χ1) is 23.2. The minimum atomic E-state index is 0.189. The van der Waals surface area contributed by atoms with Gasteiger partial charge in [-0.05, 0) is 73.5 Å². The first-order valence-electron chi connectivity index (χ1n) is 15.2. The second kappa shape index (κ2) is 17.4. The molecule has 2 heterocycles. The minimum Gasteiger partial charge on any atom is -0.298 e. The quantitative estimate of drug-likeness (QED) is 0.118. The number of aromatic nitrogens is 4. The number of carbonyl (C=O) groups excluding carboxylic acids is 2. The van der Waals surface area contributed by atoms with Gasteiger partial charge in [-0.2, -0.15) is 0 Å². The van der Waals surface area contributed by atoms with Crippen molar-refractivity contribution in [2.24, 2.45) is 0 Å². The Labute approximate surface area is 299 Å². The molecule has 244 valence electrons. The van der Waals surface area contributed by atoms with Gasteiger partial charge in [-0.1, -0.05) is 106 Å². The van der Waals surface area contributed by atoms with Gasteiger partial charge in [0.1, 0.15) is 11.6 Å². The van der Waals surface area contributed by atoms with Gasteiger partial charge < -0.3 is 0 Å². The van der Waals surface area contributed by atoms with Gasteiger partial charge in [0.15, 0.2) is 10.3 Å². The number of carbonyl (C=O) groups is 2. The van der Waals surface area contributed by atoms with Crippen LogP contribution < -0.4 is 0 Å². The maximum atomic E-state index is 12.2. The molecule has 0 radical (unpaired) electrons. The van der Waals surface area contributed by atoms with Crippen molar-refractivity contribution >= 4 is 58.3 Å². The van der Waals surface area contributed by atoms with Crippen molar-refractivity contribution in [3.63, 3.8) is 0 Å². The number of nitrogens with zero attached hydrogens (tertiary/aromatic N) is 4. The van der Waals surface area contributed by atoms with Crippen LogP contribution in [0.15, 0.2) is 132 Å². The summed E-state index contributed by atoms with van der Waals surface area (Å²) in [4.78, 5) is 33.1. The number of thioether (sulfide) groups is 2. The number of imidazole rings is 2. The van der Waals surface area contributed by atoms with Crippen molar-refractivity contribution in [1.29, 1.82) is 0 Å². The van der Waals surface area contributed by atoms with E-state index < -0.39 is 0 Å². The maximum Gasteiger partial charge on any atom is 0.173 e. The van der Waals surface area contributed by atoms with E-state index in [9.17, 15) is 9.59 Å². The molecule has 0 atom stereocenters. The molecule has 0 aliphatic carbocycles. The van der Waals surface area contributed by atoms with Crippen molar-refractivity contribution < 1.29 is 9.59 Å². The largest absolute Gasteiger partial charge is 0.298 e. The summed E-state index contributed by atoms with van der Waals surface area (Å²) in [7, 11) is 0. The van der Waals surface area contributed by atoms with Gasteiger partial charge in [-0.25, -0.2) is 9.97 Å². The van der Waals surface area contributed by atoms with E-state index in [1.54, 1.807) is 12.4 Å². The Morgan fingerprint density at radius 1 is 0.604 bits per heavy atom. The number of halogens is 2. The fourth-order valence-corrected chi connectivity index (χ4v) is 6.68. The Kier molecular flexibility index (Phi) is 12.7. The van der Waals surface area contributed by atoms with E-state index in [-0.39, 0.29) is 11.6 Å². The van der Waals surface area contributed by atoms with Crippen molar-refractivity contribution in [2.45, 2.75) is 37.0 Å². The second-order valence-corrected chi connectivity index (χ2v) is 13.9. The van der Waals surface area contributed by atoms with Crippen LogP contribution in [0.4, 0.5) is 0 Å². The molecule has 6 aromatic rings. The predicted molar refractivity (Wildman–Crippen MR) is 198 cm³/mol. The highest BCUT2D eigenvalue weighted by atomic mass is 35.5. The van der Waals surface area contributed by atoms with Crippen molar-refractivity contribution in [3.05, 3.63) is 154 Å². The summed E-state index contributed by atoms with van der Waals surface area (Å²) in [6, 6.07) is 31.2. The van der Waals surface area contributed by atoms with Gasteiger partial charge >= 0.3 is 0 Å². The van der Waals surface area contributed by atoms with E-state index in [4.69, 9.17) is 23.2 Å². The van der Waals surface area contributed by atoms with Crippen LogP contribution in [0, 0.1) is 13.8 Å². The highest BCUT2D eigenvalue weighted by molar-refractivity contribution is 8.00. The fourth-order valence-electron chi connectivity index (χ4n) is 4.76. The van der Waals surface area contributed by atoms with Crippen LogP contribution in [0.1, 0.15) is 22.3 Å². The number of rotatable bonds is 12. The lowest BCUT2D eigenvalue weighted by Gasteiger charge is -2.07. The van der Waals surface area contributed by atoms with Crippen LogP contribution in [-0.4, -0.2) is 42.2 Å². The van der Waals surface area contributed by atoms with Crippen LogP contribution >= 0.6 is 46.7 Å². The van der Waals surface area contributed by atoms with E-state index in [0.29, 0.717) is 34.4 Å². The fraction of sp³-hybridized carbons (Fsp3) is 0.158. The molecule has 0 aliphatic rings. The first kappa shape index (κ1) is 35.2. The molecular formula is C38H34Cl2N4O2S2. The summed E-state index contributed by atoms with van der Waals surface area (Å²) in [5.41, 5.74) is 6.43. The van der Waals surface area contributed by atoms with E-state index in [1.165, 1.54) is 34.7 Å². The molecule has 48 heavy (non-hydrogen) atoms. The molecular weight excluding hydrogens is 679 g/mol. The predicted octanol–water partition coefficient (Wildman–Crippen LogP) is 9.48. The third-order valence-corrected chi connectivity index (χ3v) is 9.71. The molecule has 0 bridgehead atoms. The lowest BCUT2D eigenvalue weighted by Crippen LogP contribution is -2.07. The Morgan fingerprint density at radius 3 is 1.56 bits per heavy atom. The van der Waals surface area contributed by atoms with Crippen molar-refractivity contribution in [2.75, 3.05) is 11.5 Å². The van der Waals surface area contributed by atoms with E-state index in [2.05, 4.69) is 16.0 Å². The maximum absolute atomic E-state index is 12.2. The molecule has 0 N–H and O–H groups in total. The lowest BCUT2D eigenvalue weighted by atomic mass is 10.1. The van der Waals surface area contributed by atoms with Gasteiger partial charge in [-0.15, -0.1) is 0 Å². The normalized spacial score (nSPS) is 10.8. The molecule has 0 fully saturated rings. The summed E-state index contributed by atoms with van der Waals surface area (Å²) in [5.74, 6) is 1.18. The number of Topliss-reactive ketones (excluding diaryl/α,β-unsaturated/α-hetero) is 2. The van der Waals surface area contributed by atoms with E-state index >= 15 is 0 Å². The standard InChI is InChI=1S/2C19H17ClN2OS/c1-14-2-4-15(5-3-14)12-18(23)13-24-19-21-10-11-22(19)17-8-6-16(20)7-9-17;1-14-3-2-4-15(11-14)12-18(23)13-24-19-21-9-10-22(19)17-7-5-16(20)6-8-17/h2*2-11H,12-13H2,1H3. The summed E-state index contributed by atoms with van der Waals surface area (Å²) in [6.07, 6.45) is 8.15. The highest BCUT2D eigenvalue weighted by Gasteiger charge is 2.11. The minimum absolute atomic E-state index is 0.189. The average molecular weight is 714 g/mol. The van der Waals surface area contributed by atoms with Crippen molar-refractivity contribution in [1.82, 2.24) is 19.1 Å². The average Bonchev–Trinajstić information content (AvgIpc) is 3.75. The monoisotopic (exact) mass is 712 g/mol. The molecule has 10 heteroatoms. The van der Waals surface area contributed by atoms with Gasteiger partial charge in [0.05, 0.1) is 11.5 Å². The molecule has 0 saturated carbocycles. The summed E-state index contributed by atoms with van der Waals surface area (Å²) >= 11 is 14.8. The van der Waals surface area contributed by atoms with Crippen LogP contribution in [0.3, 0.4) is 0 Å². The zero-order valence-electron chi connectivity index (χ0n) is 26.6. The van der Waals surface area contributed by atoms with Gasteiger partial charge in [0, 0.05) is 59.0 Å². The number of hydrogen-bond acceptors (Lipinski definition) is 6.